The van der Waals surface area contributed by atoms with E-state index >= 15 is 0 Å². The van der Waals surface area contributed by atoms with Gasteiger partial charge in [-0.2, -0.15) is 4.98 Å². The number of fused-ring (bicyclic) bond motifs is 1. The Labute approximate surface area is 96.9 Å². The molecule has 0 atom stereocenters. The molecule has 3 aromatic rings. The van der Waals surface area contributed by atoms with Crippen molar-refractivity contribution in [2.45, 2.75) is 0 Å². The largest absolute Gasteiger partial charge is 0.369 e. The average molecular weight is 226 g/mol. The molecule has 84 valence electrons. The van der Waals surface area contributed by atoms with Crippen molar-refractivity contribution in [3.05, 3.63) is 36.7 Å². The van der Waals surface area contributed by atoms with E-state index in [0.717, 1.165) is 5.69 Å². The number of nitrogens with zero attached hydrogens (tertiary/aromatic N) is 3. The van der Waals surface area contributed by atoms with Crippen LogP contribution in [0.4, 0.5) is 17.5 Å². The lowest BCUT2D eigenvalue weighted by Crippen LogP contribution is -1.95. The van der Waals surface area contributed by atoms with Crippen LogP contribution >= 0.6 is 0 Å². The second kappa shape index (κ2) is 3.75. The zero-order valence-electron chi connectivity index (χ0n) is 8.88. The number of imidazole rings is 1. The molecule has 3 rings (SSSR count). The number of hydrogen-bond acceptors (Lipinski definition) is 5. The van der Waals surface area contributed by atoms with Gasteiger partial charge >= 0.3 is 0 Å². The molecule has 0 aliphatic carbocycles. The molecule has 0 unspecified atom stereocenters. The highest BCUT2D eigenvalue weighted by molar-refractivity contribution is 5.86. The molecule has 4 N–H and O–H groups in total. The number of rotatable bonds is 2. The molecule has 6 heteroatoms. The van der Waals surface area contributed by atoms with Crippen molar-refractivity contribution >= 4 is 28.6 Å². The maximum Gasteiger partial charge on any atom is 0.200 e. The summed E-state index contributed by atoms with van der Waals surface area (Å²) in [6.07, 6.45) is 1.45. The Kier molecular flexibility index (Phi) is 2.11. The second-order valence-corrected chi connectivity index (χ2v) is 3.53. The number of hydrogen-bond donors (Lipinski definition) is 3. The zero-order chi connectivity index (χ0) is 11.7. The van der Waals surface area contributed by atoms with Gasteiger partial charge in [-0.25, -0.2) is 9.97 Å². The van der Waals surface area contributed by atoms with Crippen LogP contribution in [0.15, 0.2) is 36.7 Å². The van der Waals surface area contributed by atoms with Crippen molar-refractivity contribution in [3.63, 3.8) is 0 Å². The van der Waals surface area contributed by atoms with Gasteiger partial charge in [0, 0.05) is 5.69 Å². The summed E-state index contributed by atoms with van der Waals surface area (Å²) in [4.78, 5) is 15.2. The number of nitrogen functional groups attached to an aromatic ring is 1. The first-order chi connectivity index (χ1) is 8.33. The van der Waals surface area contributed by atoms with Crippen LogP contribution in [0.25, 0.3) is 11.2 Å². The van der Waals surface area contributed by atoms with Crippen LogP contribution in [0.3, 0.4) is 0 Å². The lowest BCUT2D eigenvalue weighted by molar-refractivity contribution is 1.20. The summed E-state index contributed by atoms with van der Waals surface area (Å²) < 4.78 is 0. The van der Waals surface area contributed by atoms with Gasteiger partial charge in [0.25, 0.3) is 0 Å². The van der Waals surface area contributed by atoms with Crippen LogP contribution in [-0.2, 0) is 0 Å². The number of nitrogens with two attached hydrogens (primary N) is 1. The Hall–Kier alpha value is -2.63. The first kappa shape index (κ1) is 9.59. The van der Waals surface area contributed by atoms with E-state index in [4.69, 9.17) is 5.73 Å². The van der Waals surface area contributed by atoms with Gasteiger partial charge in [0.1, 0.15) is 11.8 Å². The highest BCUT2D eigenvalue weighted by Gasteiger charge is 2.07. The van der Waals surface area contributed by atoms with Crippen LogP contribution in [0.1, 0.15) is 0 Å². The fourth-order valence-electron chi connectivity index (χ4n) is 1.60. The Bertz CT molecular complexity index is 645. The van der Waals surface area contributed by atoms with Crippen molar-refractivity contribution in [2.24, 2.45) is 0 Å². The predicted octanol–water partition coefficient (Wildman–Crippen LogP) is 1.68. The summed E-state index contributed by atoms with van der Waals surface area (Å²) in [6.45, 7) is 0. The van der Waals surface area contributed by atoms with Gasteiger partial charge in [-0.15, -0.1) is 0 Å². The average Bonchev–Trinajstić information content (AvgIpc) is 2.72. The van der Waals surface area contributed by atoms with Crippen LogP contribution in [0.5, 0.6) is 0 Å². The van der Waals surface area contributed by atoms with Crippen molar-refractivity contribution < 1.29 is 0 Å². The number of nitrogens with one attached hydrogen (secondary N) is 2. The molecule has 0 saturated heterocycles. The molecular weight excluding hydrogens is 216 g/mol. The molecule has 1 aromatic carbocycles. The predicted molar refractivity (Wildman–Crippen MR) is 65.8 cm³/mol. The summed E-state index contributed by atoms with van der Waals surface area (Å²) in [5.74, 6) is 0.988. The van der Waals surface area contributed by atoms with Crippen molar-refractivity contribution in [3.8, 4) is 0 Å². The summed E-state index contributed by atoms with van der Waals surface area (Å²) in [5.41, 5.74) is 7.79. The maximum atomic E-state index is 5.59. The van der Waals surface area contributed by atoms with E-state index in [1.165, 1.54) is 6.33 Å². The minimum Gasteiger partial charge on any atom is -0.369 e. The molecule has 0 fully saturated rings. The van der Waals surface area contributed by atoms with Gasteiger partial charge < -0.3 is 16.0 Å². The van der Waals surface area contributed by atoms with Gasteiger partial charge in [-0.3, -0.25) is 0 Å². The molecule has 6 nitrogen and oxygen atoms in total. The second-order valence-electron chi connectivity index (χ2n) is 3.53. The molecule has 0 amide bonds. The third kappa shape index (κ3) is 1.76. The molecule has 0 saturated carbocycles. The maximum absolute atomic E-state index is 5.59. The van der Waals surface area contributed by atoms with E-state index in [9.17, 15) is 0 Å². The van der Waals surface area contributed by atoms with Gasteiger partial charge in [0.2, 0.25) is 0 Å². The number of aromatic amines is 1. The summed E-state index contributed by atoms with van der Waals surface area (Å²) in [6, 6.07) is 9.75. The Morgan fingerprint density at radius 1 is 1.12 bits per heavy atom. The molecule has 0 radical (unpaired) electrons. The molecule has 0 spiro atoms. The number of H-pyrrole nitrogens is 1. The van der Waals surface area contributed by atoms with E-state index < -0.39 is 0 Å². The molecule has 2 aromatic heterocycles. The van der Waals surface area contributed by atoms with Gasteiger partial charge in [-0.05, 0) is 12.1 Å². The van der Waals surface area contributed by atoms with E-state index in [-0.39, 0.29) is 0 Å². The van der Waals surface area contributed by atoms with E-state index in [0.29, 0.717) is 22.9 Å². The van der Waals surface area contributed by atoms with E-state index in [1.807, 2.05) is 30.3 Å². The minimum absolute atomic E-state index is 0.330. The lowest BCUT2D eigenvalue weighted by atomic mass is 10.3. The van der Waals surface area contributed by atoms with Crippen LogP contribution in [0.2, 0.25) is 0 Å². The van der Waals surface area contributed by atoms with Gasteiger partial charge in [-0.1, -0.05) is 18.2 Å². The number of aromatic nitrogens is 4. The molecule has 17 heavy (non-hydrogen) atoms. The molecule has 2 heterocycles. The van der Waals surface area contributed by atoms with Crippen molar-refractivity contribution in [1.82, 2.24) is 19.9 Å². The van der Waals surface area contributed by atoms with Crippen LogP contribution in [0, 0.1) is 0 Å². The standard InChI is InChI=1S/C11H10N6/c12-11-16-8-9(13-6-14-10(8)17-11)15-7-4-2-1-3-5-7/h1-6H,(H4,12,13,14,15,16,17). The Morgan fingerprint density at radius 2 is 1.94 bits per heavy atom. The van der Waals surface area contributed by atoms with Crippen molar-refractivity contribution in [1.29, 1.82) is 0 Å². The quantitative estimate of drug-likeness (QED) is 0.618. The van der Waals surface area contributed by atoms with Gasteiger partial charge in [0.15, 0.2) is 17.4 Å². The smallest absolute Gasteiger partial charge is 0.200 e. The third-order valence-electron chi connectivity index (χ3n) is 2.34. The normalized spacial score (nSPS) is 10.6. The summed E-state index contributed by atoms with van der Waals surface area (Å²) >= 11 is 0. The Morgan fingerprint density at radius 3 is 2.76 bits per heavy atom. The lowest BCUT2D eigenvalue weighted by Gasteiger charge is -2.04. The van der Waals surface area contributed by atoms with E-state index in [1.54, 1.807) is 0 Å². The fraction of sp³-hybridized carbons (Fsp3) is 0. The first-order valence-corrected chi connectivity index (χ1v) is 5.11. The fourth-order valence-corrected chi connectivity index (χ4v) is 1.60. The third-order valence-corrected chi connectivity index (χ3v) is 2.34. The molecule has 0 bridgehead atoms. The Balaban J connectivity index is 2.06. The first-order valence-electron chi connectivity index (χ1n) is 5.11. The van der Waals surface area contributed by atoms with Crippen molar-refractivity contribution in [2.75, 3.05) is 11.1 Å². The summed E-state index contributed by atoms with van der Waals surface area (Å²) in [7, 11) is 0. The van der Waals surface area contributed by atoms with E-state index in [2.05, 4.69) is 25.3 Å². The topological polar surface area (TPSA) is 92.5 Å². The minimum atomic E-state index is 0.330. The zero-order valence-corrected chi connectivity index (χ0v) is 8.88. The van der Waals surface area contributed by atoms with Crippen LogP contribution in [-0.4, -0.2) is 19.9 Å². The SMILES string of the molecule is Nc1nc2ncnc(Nc3ccccc3)c2[nH]1. The molecular formula is C11H10N6. The summed E-state index contributed by atoms with van der Waals surface area (Å²) in [5, 5.41) is 3.18. The number of para-hydroxylation sites is 1. The van der Waals surface area contributed by atoms with Gasteiger partial charge in [0.05, 0.1) is 0 Å². The number of benzene rings is 1. The van der Waals surface area contributed by atoms with Crippen LogP contribution < -0.4 is 11.1 Å². The number of anilines is 3. The highest BCUT2D eigenvalue weighted by Crippen LogP contribution is 2.21. The molecule has 0 aliphatic heterocycles. The highest BCUT2D eigenvalue weighted by atomic mass is 15.1. The molecule has 0 aliphatic rings. The monoisotopic (exact) mass is 226 g/mol.